The van der Waals surface area contributed by atoms with Gasteiger partial charge in [0.25, 0.3) is 0 Å². The second-order valence-electron chi connectivity index (χ2n) is 5.03. The van der Waals surface area contributed by atoms with E-state index in [0.29, 0.717) is 6.10 Å². The molecular weight excluding hydrogens is 188 g/mol. The largest absolute Gasteiger partial charge is 0.486 e. The van der Waals surface area contributed by atoms with Crippen LogP contribution in [0.4, 0.5) is 0 Å². The van der Waals surface area contributed by atoms with E-state index in [1.165, 1.54) is 0 Å². The maximum atomic E-state index is 5.69. The van der Waals surface area contributed by atoms with Gasteiger partial charge in [-0.3, -0.25) is 4.98 Å². The van der Waals surface area contributed by atoms with Crippen LogP contribution in [0.25, 0.3) is 0 Å². The van der Waals surface area contributed by atoms with E-state index in [9.17, 15) is 0 Å². The third-order valence-corrected chi connectivity index (χ3v) is 2.55. The van der Waals surface area contributed by atoms with E-state index in [2.05, 4.69) is 31.1 Å². The average molecular weight is 206 g/mol. The summed E-state index contributed by atoms with van der Waals surface area (Å²) in [5.41, 5.74) is 1.21. The van der Waals surface area contributed by atoms with Crippen LogP contribution in [0.2, 0.25) is 0 Å². The molecule has 1 fully saturated rings. The highest BCUT2D eigenvalue weighted by Gasteiger charge is 2.19. The molecule has 0 aromatic carbocycles. The molecule has 1 aliphatic heterocycles. The summed E-state index contributed by atoms with van der Waals surface area (Å²) in [7, 11) is 0. The monoisotopic (exact) mass is 206 g/mol. The Bertz CT molecular complexity index is 322. The SMILES string of the molecule is CC(C)(C)c1ccc(OC2CNC2)cn1. The Morgan fingerprint density at radius 3 is 2.47 bits per heavy atom. The molecule has 82 valence electrons. The zero-order chi connectivity index (χ0) is 10.9. The van der Waals surface area contributed by atoms with Gasteiger partial charge in [0.15, 0.2) is 0 Å². The van der Waals surface area contributed by atoms with Crippen LogP contribution in [0.15, 0.2) is 18.3 Å². The molecule has 1 aromatic rings. The fourth-order valence-electron chi connectivity index (χ4n) is 1.43. The lowest BCUT2D eigenvalue weighted by Gasteiger charge is -2.28. The highest BCUT2D eigenvalue weighted by Crippen LogP contribution is 2.22. The maximum absolute atomic E-state index is 5.69. The van der Waals surface area contributed by atoms with Gasteiger partial charge in [0.2, 0.25) is 0 Å². The van der Waals surface area contributed by atoms with Crippen molar-refractivity contribution in [1.82, 2.24) is 10.3 Å². The van der Waals surface area contributed by atoms with E-state index in [-0.39, 0.29) is 5.41 Å². The van der Waals surface area contributed by atoms with Gasteiger partial charge < -0.3 is 10.1 Å². The van der Waals surface area contributed by atoms with E-state index in [4.69, 9.17) is 4.74 Å². The number of ether oxygens (including phenoxy) is 1. The standard InChI is InChI=1S/C12H18N2O/c1-12(2,3)11-5-4-9(8-14-11)15-10-6-13-7-10/h4-5,8,10,13H,6-7H2,1-3H3. The molecule has 15 heavy (non-hydrogen) atoms. The lowest BCUT2D eigenvalue weighted by molar-refractivity contribution is 0.141. The summed E-state index contributed by atoms with van der Waals surface area (Å²) in [5.74, 6) is 0.870. The molecule has 3 nitrogen and oxygen atoms in total. The Kier molecular flexibility index (Phi) is 2.65. The third kappa shape index (κ3) is 2.48. The molecule has 0 amide bonds. The molecule has 3 heteroatoms. The second-order valence-corrected chi connectivity index (χ2v) is 5.03. The van der Waals surface area contributed by atoms with Crippen molar-refractivity contribution in [2.75, 3.05) is 13.1 Å². The van der Waals surface area contributed by atoms with Gasteiger partial charge >= 0.3 is 0 Å². The number of hydrogen-bond acceptors (Lipinski definition) is 3. The van der Waals surface area contributed by atoms with Crippen molar-refractivity contribution in [3.8, 4) is 5.75 Å². The fraction of sp³-hybridized carbons (Fsp3) is 0.583. The maximum Gasteiger partial charge on any atom is 0.138 e. The van der Waals surface area contributed by atoms with E-state index in [1.54, 1.807) is 0 Å². The Morgan fingerprint density at radius 2 is 2.07 bits per heavy atom. The molecule has 0 spiro atoms. The van der Waals surface area contributed by atoms with Gasteiger partial charge in [-0.25, -0.2) is 0 Å². The number of hydrogen-bond donors (Lipinski definition) is 1. The number of pyridine rings is 1. The molecular formula is C12H18N2O. The smallest absolute Gasteiger partial charge is 0.138 e. The predicted octanol–water partition coefficient (Wildman–Crippen LogP) is 1.73. The number of aromatic nitrogens is 1. The second kappa shape index (κ2) is 3.81. The third-order valence-electron chi connectivity index (χ3n) is 2.55. The van der Waals surface area contributed by atoms with Gasteiger partial charge in [-0.1, -0.05) is 20.8 Å². The molecule has 1 aromatic heterocycles. The van der Waals surface area contributed by atoms with E-state index in [0.717, 1.165) is 24.5 Å². The fourth-order valence-corrected chi connectivity index (χ4v) is 1.43. The lowest BCUT2D eigenvalue weighted by Crippen LogP contribution is -2.50. The minimum absolute atomic E-state index is 0.108. The summed E-state index contributed by atoms with van der Waals surface area (Å²) in [6.45, 7) is 8.37. The Labute approximate surface area is 90.9 Å². The number of rotatable bonds is 2. The summed E-state index contributed by atoms with van der Waals surface area (Å²) < 4.78 is 5.69. The van der Waals surface area contributed by atoms with Crippen LogP contribution in [-0.4, -0.2) is 24.2 Å². The first-order valence-corrected chi connectivity index (χ1v) is 5.39. The first kappa shape index (κ1) is 10.4. The van der Waals surface area contributed by atoms with E-state index < -0.39 is 0 Å². The summed E-state index contributed by atoms with van der Waals surface area (Å²) >= 11 is 0. The van der Waals surface area contributed by atoms with Crippen LogP contribution in [0, 0.1) is 0 Å². The highest BCUT2D eigenvalue weighted by molar-refractivity contribution is 5.23. The van der Waals surface area contributed by atoms with E-state index >= 15 is 0 Å². The molecule has 1 N–H and O–H groups in total. The normalized spacial score (nSPS) is 17.3. The quantitative estimate of drug-likeness (QED) is 0.800. The summed E-state index contributed by atoms with van der Waals surface area (Å²) in [5, 5.41) is 3.17. The zero-order valence-corrected chi connectivity index (χ0v) is 9.58. The van der Waals surface area contributed by atoms with Crippen LogP contribution in [0.3, 0.4) is 0 Å². The van der Waals surface area contributed by atoms with Crippen molar-refractivity contribution in [3.63, 3.8) is 0 Å². The van der Waals surface area contributed by atoms with Gasteiger partial charge in [-0.05, 0) is 12.1 Å². The van der Waals surface area contributed by atoms with Crippen LogP contribution in [0.5, 0.6) is 5.75 Å². The van der Waals surface area contributed by atoms with Gasteiger partial charge in [-0.15, -0.1) is 0 Å². The molecule has 1 aliphatic rings. The number of nitrogens with one attached hydrogen (secondary N) is 1. The minimum Gasteiger partial charge on any atom is -0.486 e. The van der Waals surface area contributed by atoms with Crippen LogP contribution >= 0.6 is 0 Å². The van der Waals surface area contributed by atoms with Gasteiger partial charge in [-0.2, -0.15) is 0 Å². The van der Waals surface area contributed by atoms with Crippen molar-refractivity contribution in [2.24, 2.45) is 0 Å². The highest BCUT2D eigenvalue weighted by atomic mass is 16.5. The van der Waals surface area contributed by atoms with Crippen LogP contribution in [-0.2, 0) is 5.41 Å². The van der Waals surface area contributed by atoms with Crippen molar-refractivity contribution in [2.45, 2.75) is 32.3 Å². The summed E-state index contributed by atoms with van der Waals surface area (Å²) in [4.78, 5) is 4.42. The first-order valence-electron chi connectivity index (χ1n) is 5.39. The minimum atomic E-state index is 0.108. The Hall–Kier alpha value is -1.09. The summed E-state index contributed by atoms with van der Waals surface area (Å²) in [6, 6.07) is 4.05. The topological polar surface area (TPSA) is 34.1 Å². The van der Waals surface area contributed by atoms with Crippen molar-refractivity contribution < 1.29 is 4.74 Å². The first-order chi connectivity index (χ1) is 7.05. The molecule has 0 saturated carbocycles. The molecule has 0 atom stereocenters. The molecule has 2 rings (SSSR count). The van der Waals surface area contributed by atoms with Gasteiger partial charge in [0.05, 0.1) is 6.20 Å². The Balaban J connectivity index is 2.03. The molecule has 2 heterocycles. The number of nitrogens with zero attached hydrogens (tertiary/aromatic N) is 1. The summed E-state index contributed by atoms with van der Waals surface area (Å²) in [6.07, 6.45) is 2.14. The molecule has 0 unspecified atom stereocenters. The van der Waals surface area contributed by atoms with Gasteiger partial charge in [0.1, 0.15) is 11.9 Å². The van der Waals surface area contributed by atoms with Crippen LogP contribution < -0.4 is 10.1 Å². The van der Waals surface area contributed by atoms with Gasteiger partial charge in [0, 0.05) is 24.2 Å². The van der Waals surface area contributed by atoms with Crippen LogP contribution in [0.1, 0.15) is 26.5 Å². The zero-order valence-electron chi connectivity index (χ0n) is 9.58. The molecule has 1 saturated heterocycles. The van der Waals surface area contributed by atoms with Crippen molar-refractivity contribution >= 4 is 0 Å². The average Bonchev–Trinajstić information content (AvgIpc) is 2.11. The van der Waals surface area contributed by atoms with Crippen molar-refractivity contribution in [1.29, 1.82) is 0 Å². The molecule has 0 radical (unpaired) electrons. The van der Waals surface area contributed by atoms with Crippen molar-refractivity contribution in [3.05, 3.63) is 24.0 Å². The van der Waals surface area contributed by atoms with E-state index in [1.807, 2.05) is 18.3 Å². The molecule has 0 aliphatic carbocycles. The molecule has 0 bridgehead atoms. The lowest BCUT2D eigenvalue weighted by atomic mass is 9.92. The Morgan fingerprint density at radius 1 is 1.33 bits per heavy atom. The predicted molar refractivity (Wildman–Crippen MR) is 60.2 cm³/mol.